The monoisotopic (exact) mass is 340 g/mol. The molecule has 0 spiro atoms. The first-order valence-corrected chi connectivity index (χ1v) is 9.82. The highest BCUT2D eigenvalue weighted by Crippen LogP contribution is 2.41. The number of nitrogens with zero attached hydrogens (tertiary/aromatic N) is 1. The van der Waals surface area contributed by atoms with Crippen molar-refractivity contribution in [3.8, 4) is 0 Å². The Hall–Kier alpha value is -1.84. The largest absolute Gasteiger partial charge is 0.355 e. The Bertz CT molecular complexity index is 668. The lowest BCUT2D eigenvalue weighted by molar-refractivity contribution is -0.134. The van der Waals surface area contributed by atoms with Crippen LogP contribution in [0.25, 0.3) is 0 Å². The molecule has 0 radical (unpaired) electrons. The van der Waals surface area contributed by atoms with Crippen molar-refractivity contribution in [3.63, 3.8) is 0 Å². The van der Waals surface area contributed by atoms with Gasteiger partial charge in [-0.15, -0.1) is 0 Å². The van der Waals surface area contributed by atoms with Crippen molar-refractivity contribution in [2.45, 2.75) is 64.0 Å². The van der Waals surface area contributed by atoms with Gasteiger partial charge in [0.1, 0.15) is 0 Å². The van der Waals surface area contributed by atoms with E-state index in [9.17, 15) is 9.59 Å². The lowest BCUT2D eigenvalue weighted by Gasteiger charge is -2.36. The molecule has 0 bridgehead atoms. The molecule has 3 aliphatic rings. The van der Waals surface area contributed by atoms with Crippen LogP contribution in [0.1, 0.15) is 62.6 Å². The van der Waals surface area contributed by atoms with Gasteiger partial charge in [-0.1, -0.05) is 31.2 Å². The Balaban J connectivity index is 1.40. The molecule has 0 unspecified atom stereocenters. The number of nitrogens with one attached hydrogen (secondary N) is 1. The molecule has 0 saturated heterocycles. The minimum Gasteiger partial charge on any atom is -0.355 e. The van der Waals surface area contributed by atoms with E-state index in [1.54, 1.807) is 0 Å². The van der Waals surface area contributed by atoms with Gasteiger partial charge in [0.25, 0.3) is 0 Å². The maximum Gasteiger partial charge on any atom is 0.225 e. The predicted molar refractivity (Wildman–Crippen MR) is 96.9 cm³/mol. The molecule has 3 aliphatic carbocycles. The summed E-state index contributed by atoms with van der Waals surface area (Å²) in [5.41, 5.74) is 2.73. The zero-order valence-electron chi connectivity index (χ0n) is 15.0. The van der Waals surface area contributed by atoms with Crippen LogP contribution in [0.15, 0.2) is 24.3 Å². The SMILES string of the molecule is C[C@@H]1C[C@@H]1C(=O)NCCC(=O)N(C1CC1)[C@@H]1CCCc2ccccc21. The molecule has 0 aromatic heterocycles. The van der Waals surface area contributed by atoms with E-state index in [-0.39, 0.29) is 23.8 Å². The fourth-order valence-corrected chi connectivity index (χ4v) is 4.24. The van der Waals surface area contributed by atoms with Crippen molar-refractivity contribution >= 4 is 11.8 Å². The van der Waals surface area contributed by atoms with Crippen LogP contribution < -0.4 is 5.32 Å². The number of amides is 2. The first-order chi connectivity index (χ1) is 12.1. The maximum atomic E-state index is 12.9. The van der Waals surface area contributed by atoms with E-state index in [0.717, 1.165) is 38.5 Å². The molecular weight excluding hydrogens is 312 g/mol. The summed E-state index contributed by atoms with van der Waals surface area (Å²) in [5, 5.41) is 2.96. The van der Waals surface area contributed by atoms with Crippen molar-refractivity contribution in [2.75, 3.05) is 6.54 Å². The third-order valence-corrected chi connectivity index (χ3v) is 5.99. The second kappa shape index (κ2) is 6.81. The van der Waals surface area contributed by atoms with E-state index in [1.807, 2.05) is 0 Å². The third kappa shape index (κ3) is 3.58. The molecule has 4 nitrogen and oxygen atoms in total. The topological polar surface area (TPSA) is 49.4 Å². The third-order valence-electron chi connectivity index (χ3n) is 5.99. The molecule has 2 fully saturated rings. The highest BCUT2D eigenvalue weighted by Gasteiger charge is 2.40. The van der Waals surface area contributed by atoms with E-state index < -0.39 is 0 Å². The predicted octanol–water partition coefficient (Wildman–Crippen LogP) is 3.22. The van der Waals surface area contributed by atoms with E-state index in [1.165, 1.54) is 11.1 Å². The van der Waals surface area contributed by atoms with Crippen LogP contribution in [0.5, 0.6) is 0 Å². The van der Waals surface area contributed by atoms with Gasteiger partial charge in [-0.3, -0.25) is 9.59 Å². The molecule has 4 rings (SSSR count). The number of carbonyl (C=O) groups excluding carboxylic acids is 2. The minimum absolute atomic E-state index is 0.126. The van der Waals surface area contributed by atoms with E-state index in [0.29, 0.717) is 24.9 Å². The summed E-state index contributed by atoms with van der Waals surface area (Å²) in [6, 6.07) is 9.21. The van der Waals surface area contributed by atoms with Gasteiger partial charge in [-0.25, -0.2) is 0 Å². The van der Waals surface area contributed by atoms with Crippen molar-refractivity contribution in [3.05, 3.63) is 35.4 Å². The molecule has 3 atom stereocenters. The number of hydrogen-bond donors (Lipinski definition) is 1. The normalized spacial score (nSPS) is 27.3. The molecule has 2 saturated carbocycles. The van der Waals surface area contributed by atoms with Gasteiger partial charge in [0.05, 0.1) is 6.04 Å². The van der Waals surface area contributed by atoms with Crippen molar-refractivity contribution in [1.29, 1.82) is 0 Å². The first kappa shape index (κ1) is 16.6. The number of rotatable bonds is 6. The van der Waals surface area contributed by atoms with Crippen LogP contribution in [0.2, 0.25) is 0 Å². The Morgan fingerprint density at radius 3 is 2.68 bits per heavy atom. The fourth-order valence-electron chi connectivity index (χ4n) is 4.24. The molecule has 1 aromatic rings. The highest BCUT2D eigenvalue weighted by molar-refractivity contribution is 5.82. The van der Waals surface area contributed by atoms with Crippen molar-refractivity contribution < 1.29 is 9.59 Å². The molecule has 0 aliphatic heterocycles. The minimum atomic E-state index is 0.126. The fraction of sp³-hybridized carbons (Fsp3) is 0.619. The first-order valence-electron chi connectivity index (χ1n) is 9.82. The van der Waals surface area contributed by atoms with Gasteiger partial charge in [-0.05, 0) is 55.6 Å². The zero-order chi connectivity index (χ0) is 17.4. The van der Waals surface area contributed by atoms with Crippen LogP contribution >= 0.6 is 0 Å². The van der Waals surface area contributed by atoms with Gasteiger partial charge < -0.3 is 10.2 Å². The lowest BCUT2D eigenvalue weighted by atomic mass is 9.86. The maximum absolute atomic E-state index is 12.9. The van der Waals surface area contributed by atoms with Crippen LogP contribution in [0.4, 0.5) is 0 Å². The molecule has 4 heteroatoms. The van der Waals surface area contributed by atoms with Crippen LogP contribution in [-0.2, 0) is 16.0 Å². The lowest BCUT2D eigenvalue weighted by Crippen LogP contribution is -2.40. The van der Waals surface area contributed by atoms with Crippen LogP contribution in [0.3, 0.4) is 0 Å². The summed E-state index contributed by atoms with van der Waals surface area (Å²) in [4.78, 5) is 27.0. The molecule has 25 heavy (non-hydrogen) atoms. The molecule has 0 heterocycles. The summed E-state index contributed by atoms with van der Waals surface area (Å²) < 4.78 is 0. The summed E-state index contributed by atoms with van der Waals surface area (Å²) in [6.45, 7) is 2.57. The average Bonchev–Trinajstić information content (AvgIpc) is 3.53. The average molecular weight is 340 g/mol. The summed E-state index contributed by atoms with van der Waals surface area (Å²) >= 11 is 0. The van der Waals surface area contributed by atoms with Crippen LogP contribution in [-0.4, -0.2) is 29.3 Å². The summed E-state index contributed by atoms with van der Waals surface area (Å²) in [5.74, 6) is 1.02. The summed E-state index contributed by atoms with van der Waals surface area (Å²) in [6.07, 6.45) is 6.98. The number of fused-ring (bicyclic) bond motifs is 1. The molecule has 134 valence electrons. The Kier molecular flexibility index (Phi) is 4.53. The molecular formula is C21H28N2O2. The molecule has 2 amide bonds. The van der Waals surface area contributed by atoms with Gasteiger partial charge in [0.15, 0.2) is 0 Å². The second-order valence-corrected chi connectivity index (χ2v) is 8.00. The van der Waals surface area contributed by atoms with E-state index in [2.05, 4.69) is 41.4 Å². The molecule has 1 aromatic carbocycles. The number of carbonyl (C=O) groups is 2. The zero-order valence-corrected chi connectivity index (χ0v) is 15.0. The Morgan fingerprint density at radius 1 is 1.20 bits per heavy atom. The van der Waals surface area contributed by atoms with Crippen molar-refractivity contribution in [1.82, 2.24) is 10.2 Å². The highest BCUT2D eigenvalue weighted by atomic mass is 16.2. The smallest absolute Gasteiger partial charge is 0.225 e. The number of hydrogen-bond acceptors (Lipinski definition) is 2. The summed E-state index contributed by atoms with van der Waals surface area (Å²) in [7, 11) is 0. The number of aryl methyl sites for hydroxylation is 1. The van der Waals surface area contributed by atoms with Gasteiger partial charge in [-0.2, -0.15) is 0 Å². The number of benzene rings is 1. The van der Waals surface area contributed by atoms with Gasteiger partial charge >= 0.3 is 0 Å². The Labute approximate surface area is 150 Å². The quantitative estimate of drug-likeness (QED) is 0.864. The van der Waals surface area contributed by atoms with Gasteiger partial charge in [0, 0.05) is 24.9 Å². The molecule has 1 N–H and O–H groups in total. The van der Waals surface area contributed by atoms with E-state index >= 15 is 0 Å². The Morgan fingerprint density at radius 2 is 1.96 bits per heavy atom. The van der Waals surface area contributed by atoms with Crippen LogP contribution in [0, 0.1) is 11.8 Å². The van der Waals surface area contributed by atoms with E-state index in [4.69, 9.17) is 0 Å². The standard InChI is InChI=1S/C21H28N2O2/c1-14-13-18(14)21(25)22-12-11-20(24)23(16-9-10-16)19-8-4-6-15-5-2-3-7-17(15)19/h2-3,5,7,14,16,18-19H,4,6,8-13H2,1H3,(H,22,25)/t14-,18+,19-/m1/s1. The van der Waals surface area contributed by atoms with Gasteiger partial charge in [0.2, 0.25) is 11.8 Å². The second-order valence-electron chi connectivity index (χ2n) is 8.00. The van der Waals surface area contributed by atoms with Crippen molar-refractivity contribution in [2.24, 2.45) is 11.8 Å².